The van der Waals surface area contributed by atoms with Crippen LogP contribution in [-0.4, -0.2) is 29.3 Å². The molecule has 184 valence electrons. The van der Waals surface area contributed by atoms with Gasteiger partial charge in [0.05, 0.1) is 6.42 Å². The highest BCUT2D eigenvalue weighted by molar-refractivity contribution is 5.88. The van der Waals surface area contributed by atoms with E-state index >= 15 is 0 Å². The van der Waals surface area contributed by atoms with Gasteiger partial charge in [0.25, 0.3) is 0 Å². The number of amides is 2. The first-order valence-electron chi connectivity index (χ1n) is 12.6. The lowest BCUT2D eigenvalue weighted by Crippen LogP contribution is -2.51. The molecule has 35 heavy (non-hydrogen) atoms. The van der Waals surface area contributed by atoms with Gasteiger partial charge in [0.1, 0.15) is 6.04 Å². The summed E-state index contributed by atoms with van der Waals surface area (Å²) in [6.45, 7) is 9.25. The standard InChI is InChI=1S/C31H38N2O2/c1-5-6-16-32-31(35)29(20-26-10-8-7-9-11-26)33(22-27-14-12-23(2)13-15-27)30(34)21-28-18-24(3)17-25(4)19-28/h7-15,17-19,29H,5-6,16,20-22H2,1-4H3,(H,32,35). The van der Waals surface area contributed by atoms with E-state index in [2.05, 4.69) is 42.6 Å². The summed E-state index contributed by atoms with van der Waals surface area (Å²) in [6, 6.07) is 23.8. The zero-order valence-corrected chi connectivity index (χ0v) is 21.5. The summed E-state index contributed by atoms with van der Waals surface area (Å²) in [5, 5.41) is 3.08. The van der Waals surface area contributed by atoms with E-state index in [1.54, 1.807) is 4.90 Å². The van der Waals surface area contributed by atoms with Crippen LogP contribution >= 0.6 is 0 Å². The maximum Gasteiger partial charge on any atom is 0.243 e. The summed E-state index contributed by atoms with van der Waals surface area (Å²) in [5.41, 5.74) is 6.47. The third-order valence-corrected chi connectivity index (χ3v) is 6.21. The van der Waals surface area contributed by atoms with Crippen LogP contribution in [-0.2, 0) is 29.0 Å². The minimum atomic E-state index is -0.589. The smallest absolute Gasteiger partial charge is 0.243 e. The predicted octanol–water partition coefficient (Wildman–Crippen LogP) is 5.71. The molecule has 2 amide bonds. The topological polar surface area (TPSA) is 49.4 Å². The summed E-state index contributed by atoms with van der Waals surface area (Å²) in [4.78, 5) is 29.1. The van der Waals surface area contributed by atoms with Crippen molar-refractivity contribution in [3.63, 3.8) is 0 Å². The summed E-state index contributed by atoms with van der Waals surface area (Å²) in [5.74, 6) is -0.134. The van der Waals surface area contributed by atoms with Crippen molar-refractivity contribution >= 4 is 11.8 Å². The largest absolute Gasteiger partial charge is 0.354 e. The summed E-state index contributed by atoms with van der Waals surface area (Å²) in [7, 11) is 0. The van der Waals surface area contributed by atoms with Crippen LogP contribution in [0.5, 0.6) is 0 Å². The molecule has 0 bridgehead atoms. The first-order chi connectivity index (χ1) is 16.9. The van der Waals surface area contributed by atoms with Gasteiger partial charge in [0.15, 0.2) is 0 Å². The average molecular weight is 471 g/mol. The van der Waals surface area contributed by atoms with Gasteiger partial charge >= 0.3 is 0 Å². The van der Waals surface area contributed by atoms with Crippen molar-refractivity contribution in [1.82, 2.24) is 10.2 Å². The molecule has 0 aliphatic heterocycles. The molecule has 0 heterocycles. The Kier molecular flexibility index (Phi) is 9.66. The van der Waals surface area contributed by atoms with E-state index in [0.717, 1.165) is 40.7 Å². The number of unbranched alkanes of at least 4 members (excludes halogenated alkanes) is 1. The molecule has 0 aliphatic carbocycles. The molecule has 3 aromatic carbocycles. The Bertz CT molecular complexity index is 1090. The van der Waals surface area contributed by atoms with Gasteiger partial charge < -0.3 is 10.2 Å². The average Bonchev–Trinajstić information content (AvgIpc) is 2.82. The zero-order valence-electron chi connectivity index (χ0n) is 21.5. The third-order valence-electron chi connectivity index (χ3n) is 6.21. The van der Waals surface area contributed by atoms with Crippen LogP contribution in [0.25, 0.3) is 0 Å². The lowest BCUT2D eigenvalue weighted by atomic mass is 10.00. The molecule has 1 N–H and O–H groups in total. The summed E-state index contributed by atoms with van der Waals surface area (Å²) < 4.78 is 0. The van der Waals surface area contributed by atoms with Crippen LogP contribution in [0.3, 0.4) is 0 Å². The van der Waals surface area contributed by atoms with Crippen LogP contribution < -0.4 is 5.32 Å². The number of aryl methyl sites for hydroxylation is 3. The number of benzene rings is 3. The van der Waals surface area contributed by atoms with E-state index in [-0.39, 0.29) is 18.2 Å². The van der Waals surface area contributed by atoms with Crippen molar-refractivity contribution in [2.45, 2.75) is 66.0 Å². The van der Waals surface area contributed by atoms with Gasteiger partial charge in [-0.2, -0.15) is 0 Å². The Morgan fingerprint density at radius 1 is 0.800 bits per heavy atom. The van der Waals surface area contributed by atoms with Crippen molar-refractivity contribution in [2.75, 3.05) is 6.54 Å². The summed E-state index contributed by atoms with van der Waals surface area (Å²) >= 11 is 0. The number of carbonyl (C=O) groups is 2. The van der Waals surface area contributed by atoms with E-state index < -0.39 is 6.04 Å². The second kappa shape index (κ2) is 12.9. The van der Waals surface area contributed by atoms with Crippen molar-refractivity contribution in [2.24, 2.45) is 0 Å². The fraction of sp³-hybridized carbons (Fsp3) is 0.355. The van der Waals surface area contributed by atoms with Crippen molar-refractivity contribution in [3.8, 4) is 0 Å². The lowest BCUT2D eigenvalue weighted by Gasteiger charge is -2.32. The van der Waals surface area contributed by atoms with Gasteiger partial charge in [-0.15, -0.1) is 0 Å². The van der Waals surface area contributed by atoms with Gasteiger partial charge in [-0.1, -0.05) is 103 Å². The molecule has 0 aromatic heterocycles. The highest BCUT2D eigenvalue weighted by atomic mass is 16.2. The Labute approximate surface area is 210 Å². The maximum atomic E-state index is 13.8. The molecule has 0 spiro atoms. The Morgan fingerprint density at radius 3 is 2.09 bits per heavy atom. The van der Waals surface area contributed by atoms with Crippen LogP contribution in [0.2, 0.25) is 0 Å². The van der Waals surface area contributed by atoms with Crippen molar-refractivity contribution < 1.29 is 9.59 Å². The number of nitrogens with one attached hydrogen (secondary N) is 1. The molecule has 1 atom stereocenters. The number of carbonyl (C=O) groups excluding carboxylic acids is 2. The van der Waals surface area contributed by atoms with E-state index in [4.69, 9.17) is 0 Å². The van der Waals surface area contributed by atoms with Crippen molar-refractivity contribution in [3.05, 3.63) is 106 Å². The molecule has 0 saturated heterocycles. The fourth-order valence-electron chi connectivity index (χ4n) is 4.40. The second-order valence-electron chi connectivity index (χ2n) is 9.53. The van der Waals surface area contributed by atoms with E-state index in [0.29, 0.717) is 19.5 Å². The molecule has 3 rings (SSSR count). The normalized spacial score (nSPS) is 11.7. The molecular formula is C31H38N2O2. The van der Waals surface area contributed by atoms with Gasteiger partial charge in [0.2, 0.25) is 11.8 Å². The van der Waals surface area contributed by atoms with Gasteiger partial charge in [-0.3, -0.25) is 9.59 Å². The molecule has 3 aromatic rings. The first-order valence-corrected chi connectivity index (χ1v) is 12.6. The van der Waals surface area contributed by atoms with Crippen LogP contribution in [0.4, 0.5) is 0 Å². The monoisotopic (exact) mass is 470 g/mol. The minimum absolute atomic E-state index is 0.0397. The number of nitrogens with zero attached hydrogens (tertiary/aromatic N) is 1. The van der Waals surface area contributed by atoms with E-state index in [1.165, 1.54) is 5.56 Å². The van der Waals surface area contributed by atoms with Crippen molar-refractivity contribution in [1.29, 1.82) is 0 Å². The number of hydrogen-bond acceptors (Lipinski definition) is 2. The highest BCUT2D eigenvalue weighted by Crippen LogP contribution is 2.18. The minimum Gasteiger partial charge on any atom is -0.354 e. The fourth-order valence-corrected chi connectivity index (χ4v) is 4.40. The number of hydrogen-bond donors (Lipinski definition) is 1. The van der Waals surface area contributed by atoms with Gasteiger partial charge in [0, 0.05) is 19.5 Å². The lowest BCUT2D eigenvalue weighted by molar-refractivity contribution is -0.140. The second-order valence-corrected chi connectivity index (χ2v) is 9.53. The molecule has 0 saturated carbocycles. The third kappa shape index (κ3) is 8.10. The Morgan fingerprint density at radius 2 is 1.46 bits per heavy atom. The Balaban J connectivity index is 1.95. The van der Waals surface area contributed by atoms with Gasteiger partial charge in [-0.25, -0.2) is 0 Å². The molecule has 4 heteroatoms. The van der Waals surface area contributed by atoms with Crippen LogP contribution in [0.15, 0.2) is 72.8 Å². The van der Waals surface area contributed by atoms with Crippen LogP contribution in [0, 0.1) is 20.8 Å². The number of rotatable bonds is 11. The molecular weight excluding hydrogens is 432 g/mol. The molecule has 0 radical (unpaired) electrons. The first kappa shape index (κ1) is 26.2. The zero-order chi connectivity index (χ0) is 25.2. The SMILES string of the molecule is CCCCNC(=O)C(Cc1ccccc1)N(Cc1ccc(C)cc1)C(=O)Cc1cc(C)cc(C)c1. The quantitative estimate of drug-likeness (QED) is 0.365. The molecule has 0 fully saturated rings. The highest BCUT2D eigenvalue weighted by Gasteiger charge is 2.30. The summed E-state index contributed by atoms with van der Waals surface area (Å²) in [6.07, 6.45) is 2.66. The molecule has 0 aliphatic rings. The van der Waals surface area contributed by atoms with Crippen LogP contribution in [0.1, 0.15) is 53.1 Å². The predicted molar refractivity (Wildman–Crippen MR) is 143 cm³/mol. The maximum absolute atomic E-state index is 13.8. The molecule has 1 unspecified atom stereocenters. The molecule has 4 nitrogen and oxygen atoms in total. The van der Waals surface area contributed by atoms with E-state index in [9.17, 15) is 9.59 Å². The van der Waals surface area contributed by atoms with E-state index in [1.807, 2.05) is 63.2 Å². The van der Waals surface area contributed by atoms with Gasteiger partial charge in [-0.05, 0) is 43.9 Å². The Hall–Kier alpha value is -3.40.